The molecule has 0 aromatic carbocycles. The first-order chi connectivity index (χ1) is 5.16. The molecule has 1 N–H and O–H groups in total. The molecule has 1 fully saturated rings. The molecular weight excluding hydrogens is 173 g/mol. The zero-order valence-corrected chi connectivity index (χ0v) is 6.90. The van der Waals surface area contributed by atoms with E-state index in [1.54, 1.807) is 13.8 Å². The average Bonchev–Trinajstić information content (AvgIpc) is 2.05. The lowest BCUT2D eigenvalue weighted by molar-refractivity contribution is -0.349. The monoisotopic (exact) mass is 184 g/mol. The topological polar surface area (TPSA) is 29.5 Å². The maximum absolute atomic E-state index is 12.1. The van der Waals surface area contributed by atoms with Crippen LogP contribution >= 0.6 is 0 Å². The summed E-state index contributed by atoms with van der Waals surface area (Å²) >= 11 is 0. The molecule has 0 aliphatic carbocycles. The molecule has 1 aliphatic rings. The normalized spacial score (nSPS) is 35.5. The van der Waals surface area contributed by atoms with Gasteiger partial charge in [0.1, 0.15) is 0 Å². The summed E-state index contributed by atoms with van der Waals surface area (Å²) in [6.07, 6.45) is -5.09. The SMILES string of the molecule is CC1(C)COC(O)(C(F)(F)F)C1. The Balaban J connectivity index is 2.78. The van der Waals surface area contributed by atoms with Gasteiger partial charge in [0.05, 0.1) is 6.61 Å². The van der Waals surface area contributed by atoms with Crippen molar-refractivity contribution >= 4 is 0 Å². The Kier molecular flexibility index (Phi) is 1.92. The second-order valence-corrected chi connectivity index (χ2v) is 3.91. The van der Waals surface area contributed by atoms with E-state index in [9.17, 15) is 13.2 Å². The molecule has 0 aromatic heterocycles. The van der Waals surface area contributed by atoms with E-state index in [1.807, 2.05) is 0 Å². The highest BCUT2D eigenvalue weighted by molar-refractivity contribution is 4.90. The molecule has 0 spiro atoms. The van der Waals surface area contributed by atoms with Crippen molar-refractivity contribution in [3.63, 3.8) is 0 Å². The summed E-state index contributed by atoms with van der Waals surface area (Å²) in [5, 5.41) is 9.02. The van der Waals surface area contributed by atoms with Crippen LogP contribution in [0.3, 0.4) is 0 Å². The first kappa shape index (κ1) is 9.80. The van der Waals surface area contributed by atoms with Gasteiger partial charge in [-0.2, -0.15) is 13.2 Å². The van der Waals surface area contributed by atoms with E-state index in [0.717, 1.165) is 0 Å². The maximum Gasteiger partial charge on any atom is 0.443 e. The van der Waals surface area contributed by atoms with Crippen molar-refractivity contribution in [2.75, 3.05) is 6.61 Å². The Labute approximate surface area is 68.3 Å². The van der Waals surface area contributed by atoms with Crippen LogP contribution in [0, 0.1) is 5.41 Å². The van der Waals surface area contributed by atoms with E-state index in [-0.39, 0.29) is 6.61 Å². The Hall–Kier alpha value is -0.290. The van der Waals surface area contributed by atoms with Crippen molar-refractivity contribution in [1.29, 1.82) is 0 Å². The molecule has 2 nitrogen and oxygen atoms in total. The smallest absolute Gasteiger partial charge is 0.358 e. The van der Waals surface area contributed by atoms with Crippen molar-refractivity contribution in [1.82, 2.24) is 0 Å². The Morgan fingerprint density at radius 2 is 1.83 bits per heavy atom. The Bertz CT molecular complexity index is 188. The zero-order chi connectivity index (χ0) is 9.62. The summed E-state index contributed by atoms with van der Waals surface area (Å²) in [7, 11) is 0. The van der Waals surface area contributed by atoms with E-state index in [1.165, 1.54) is 0 Å². The van der Waals surface area contributed by atoms with Crippen molar-refractivity contribution in [3.05, 3.63) is 0 Å². The first-order valence-electron chi connectivity index (χ1n) is 3.59. The quantitative estimate of drug-likeness (QED) is 0.620. The molecule has 1 saturated heterocycles. The van der Waals surface area contributed by atoms with Crippen LogP contribution in [0.15, 0.2) is 0 Å². The van der Waals surface area contributed by atoms with Crippen LogP contribution in [0.5, 0.6) is 0 Å². The summed E-state index contributed by atoms with van der Waals surface area (Å²) < 4.78 is 40.7. The van der Waals surface area contributed by atoms with Gasteiger partial charge < -0.3 is 9.84 Å². The molecule has 1 rings (SSSR count). The first-order valence-corrected chi connectivity index (χ1v) is 3.59. The van der Waals surface area contributed by atoms with Gasteiger partial charge in [0.15, 0.2) is 0 Å². The van der Waals surface area contributed by atoms with Crippen molar-refractivity contribution < 1.29 is 23.0 Å². The van der Waals surface area contributed by atoms with Gasteiger partial charge >= 0.3 is 6.18 Å². The van der Waals surface area contributed by atoms with Crippen LogP contribution < -0.4 is 0 Å². The molecular formula is C7H11F3O2. The van der Waals surface area contributed by atoms with Gasteiger partial charge in [0.25, 0.3) is 5.79 Å². The van der Waals surface area contributed by atoms with Gasteiger partial charge in [0.2, 0.25) is 0 Å². The Morgan fingerprint density at radius 1 is 1.33 bits per heavy atom. The lowest BCUT2D eigenvalue weighted by atomic mass is 9.89. The minimum atomic E-state index is -4.69. The van der Waals surface area contributed by atoms with Gasteiger partial charge in [-0.25, -0.2) is 0 Å². The second-order valence-electron chi connectivity index (χ2n) is 3.91. The van der Waals surface area contributed by atoms with Gasteiger partial charge in [-0.15, -0.1) is 0 Å². The van der Waals surface area contributed by atoms with Crippen molar-refractivity contribution in [3.8, 4) is 0 Å². The average molecular weight is 184 g/mol. The minimum absolute atomic E-state index is 0.0665. The zero-order valence-electron chi connectivity index (χ0n) is 6.90. The van der Waals surface area contributed by atoms with E-state index in [0.29, 0.717) is 0 Å². The number of rotatable bonds is 0. The molecule has 0 radical (unpaired) electrons. The summed E-state index contributed by atoms with van der Waals surface area (Å²) in [6.45, 7) is 3.18. The predicted molar refractivity (Wildman–Crippen MR) is 35.4 cm³/mol. The fraction of sp³-hybridized carbons (Fsp3) is 1.00. The van der Waals surface area contributed by atoms with Gasteiger partial charge in [-0.05, 0) is 5.41 Å². The van der Waals surface area contributed by atoms with E-state index >= 15 is 0 Å². The second kappa shape index (κ2) is 2.35. The molecule has 12 heavy (non-hydrogen) atoms. The van der Waals surface area contributed by atoms with Crippen LogP contribution in [0.2, 0.25) is 0 Å². The highest BCUT2D eigenvalue weighted by Crippen LogP contribution is 2.45. The number of halogens is 3. The standard InChI is InChI=1S/C7H11F3O2/c1-5(2)3-6(11,12-4-5)7(8,9)10/h11H,3-4H2,1-2H3. The van der Waals surface area contributed by atoms with Crippen LogP contribution in [0.25, 0.3) is 0 Å². The minimum Gasteiger partial charge on any atom is -0.358 e. The highest BCUT2D eigenvalue weighted by Gasteiger charge is 2.61. The molecule has 0 bridgehead atoms. The summed E-state index contributed by atoms with van der Waals surface area (Å²) in [6, 6.07) is 0. The number of alkyl halides is 3. The molecule has 0 saturated carbocycles. The number of ether oxygens (including phenoxy) is 1. The van der Waals surface area contributed by atoms with E-state index < -0.39 is 23.8 Å². The van der Waals surface area contributed by atoms with Crippen LogP contribution in [0.4, 0.5) is 13.2 Å². The van der Waals surface area contributed by atoms with Gasteiger partial charge in [-0.3, -0.25) is 0 Å². The van der Waals surface area contributed by atoms with E-state index in [2.05, 4.69) is 4.74 Å². The number of hydrogen-bond acceptors (Lipinski definition) is 2. The third-order valence-corrected chi connectivity index (χ3v) is 1.86. The van der Waals surface area contributed by atoms with Crippen molar-refractivity contribution in [2.45, 2.75) is 32.2 Å². The third kappa shape index (κ3) is 1.56. The fourth-order valence-electron chi connectivity index (χ4n) is 1.25. The van der Waals surface area contributed by atoms with Gasteiger partial charge in [0, 0.05) is 6.42 Å². The molecule has 0 aromatic rings. The predicted octanol–water partition coefficient (Wildman–Crippen LogP) is 1.68. The maximum atomic E-state index is 12.1. The third-order valence-electron chi connectivity index (χ3n) is 1.86. The van der Waals surface area contributed by atoms with E-state index in [4.69, 9.17) is 5.11 Å². The lowest BCUT2D eigenvalue weighted by Crippen LogP contribution is -2.44. The molecule has 1 atom stereocenters. The Morgan fingerprint density at radius 3 is 2.00 bits per heavy atom. The summed E-state index contributed by atoms with van der Waals surface area (Å²) in [4.78, 5) is 0. The fourth-order valence-corrected chi connectivity index (χ4v) is 1.25. The van der Waals surface area contributed by atoms with Crippen LogP contribution in [-0.2, 0) is 4.74 Å². The molecule has 0 amide bonds. The van der Waals surface area contributed by atoms with Crippen LogP contribution in [0.1, 0.15) is 20.3 Å². The molecule has 5 heteroatoms. The lowest BCUT2D eigenvalue weighted by Gasteiger charge is -2.25. The van der Waals surface area contributed by atoms with Gasteiger partial charge in [-0.1, -0.05) is 13.8 Å². The number of aliphatic hydroxyl groups is 1. The summed E-state index contributed by atoms with van der Waals surface area (Å²) in [5.41, 5.74) is -0.607. The molecule has 1 heterocycles. The molecule has 1 aliphatic heterocycles. The van der Waals surface area contributed by atoms with Crippen LogP contribution in [-0.4, -0.2) is 23.7 Å². The summed E-state index contributed by atoms with van der Waals surface area (Å²) in [5.74, 6) is -2.93. The molecule has 1 unspecified atom stereocenters. The van der Waals surface area contributed by atoms with Crippen molar-refractivity contribution in [2.24, 2.45) is 5.41 Å². The molecule has 72 valence electrons. The number of hydrogen-bond donors (Lipinski definition) is 1. The largest absolute Gasteiger partial charge is 0.443 e. The highest BCUT2D eigenvalue weighted by atomic mass is 19.4.